The van der Waals surface area contributed by atoms with Gasteiger partial charge in [0.25, 0.3) is 5.91 Å². The molecule has 0 radical (unpaired) electrons. The van der Waals surface area contributed by atoms with Gasteiger partial charge < -0.3 is 24.9 Å². The van der Waals surface area contributed by atoms with Crippen LogP contribution in [0.5, 0.6) is 0 Å². The molecule has 11 nitrogen and oxygen atoms in total. The van der Waals surface area contributed by atoms with Crippen LogP contribution in [-0.4, -0.2) is 90.4 Å². The predicted molar refractivity (Wildman–Crippen MR) is 182 cm³/mol. The van der Waals surface area contributed by atoms with Gasteiger partial charge in [-0.3, -0.25) is 14.4 Å². The first-order chi connectivity index (χ1) is 22.4. The lowest BCUT2D eigenvalue weighted by molar-refractivity contribution is -0.160. The topological polar surface area (TPSA) is 147 Å². The van der Waals surface area contributed by atoms with Gasteiger partial charge in [0.05, 0.1) is 5.51 Å². The molecule has 2 saturated heterocycles. The van der Waals surface area contributed by atoms with Crippen molar-refractivity contribution in [3.8, 4) is 0 Å². The van der Waals surface area contributed by atoms with Crippen LogP contribution in [0.1, 0.15) is 50.4 Å². The molecule has 0 bridgehead atoms. The van der Waals surface area contributed by atoms with Gasteiger partial charge in [0.1, 0.15) is 27.5 Å². The summed E-state index contributed by atoms with van der Waals surface area (Å²) in [7, 11) is 0. The maximum atomic E-state index is 13.6. The number of hydrogen-bond donors (Lipinski definition) is 2. The Morgan fingerprint density at radius 2 is 1.77 bits per heavy atom. The van der Waals surface area contributed by atoms with E-state index in [9.17, 15) is 24.3 Å². The molecule has 14 heteroatoms. The van der Waals surface area contributed by atoms with Gasteiger partial charge in [0.2, 0.25) is 12.5 Å². The molecule has 2 N–H and O–H groups in total. The van der Waals surface area contributed by atoms with E-state index in [0.29, 0.717) is 5.75 Å². The van der Waals surface area contributed by atoms with Crippen LogP contribution >= 0.6 is 34.9 Å². The smallest absolute Gasteiger partial charge is 0.347 e. The summed E-state index contributed by atoms with van der Waals surface area (Å²) in [4.78, 5) is 63.4. The summed E-state index contributed by atoms with van der Waals surface area (Å²) < 4.78 is 3.92. The molecule has 2 aromatic carbocycles. The second kappa shape index (κ2) is 14.5. The zero-order chi connectivity index (χ0) is 33.8. The molecule has 3 aromatic rings. The molecule has 4 atom stereocenters. The molecule has 47 heavy (non-hydrogen) atoms. The average Bonchev–Trinajstić information content (AvgIpc) is 3.57. The van der Waals surface area contributed by atoms with Crippen LogP contribution in [0, 0.1) is 0 Å². The Kier molecular flexibility index (Phi) is 10.6. The molecule has 1 aromatic heterocycles. The first kappa shape index (κ1) is 34.5. The van der Waals surface area contributed by atoms with Crippen LogP contribution in [0.3, 0.4) is 0 Å². The standard InChI is InChI=1S/C33H36N4O7S3/c1-5-46-33(31(41)42)18-37-29(40)26(30(37)47-27(33)24(20-12-8-6-9-13-20)21-14-10-7-11-15-21)35-28(39)25(22-17-45-19-34-22)36-43-16-23(38)44-32(2,3)4/h6-15,17,19,24,26-27,30H,5,16,18H2,1-4H3,(H,35,39)(H,41,42)/t26?,27?,30-,33?/m1/s1. The van der Waals surface area contributed by atoms with Crippen LogP contribution in [0.25, 0.3) is 0 Å². The summed E-state index contributed by atoms with van der Waals surface area (Å²) in [6.07, 6.45) is 0. The Morgan fingerprint density at radius 1 is 1.13 bits per heavy atom. The number of aliphatic carboxylic acids is 1. The van der Waals surface area contributed by atoms with Gasteiger partial charge in [-0.15, -0.1) is 34.9 Å². The zero-order valence-electron chi connectivity index (χ0n) is 26.3. The highest BCUT2D eigenvalue weighted by Crippen LogP contribution is 2.54. The molecule has 3 unspecified atom stereocenters. The van der Waals surface area contributed by atoms with E-state index in [-0.39, 0.29) is 29.8 Å². The predicted octanol–water partition coefficient (Wildman–Crippen LogP) is 4.38. The molecule has 0 aliphatic carbocycles. The molecule has 0 saturated carbocycles. The Labute approximate surface area is 285 Å². The van der Waals surface area contributed by atoms with E-state index < -0.39 is 51.5 Å². The van der Waals surface area contributed by atoms with Crippen molar-refractivity contribution in [3.05, 3.63) is 88.4 Å². The number of aromatic nitrogens is 1. The Morgan fingerprint density at radius 3 is 2.30 bits per heavy atom. The van der Waals surface area contributed by atoms with Crippen molar-refractivity contribution in [3.63, 3.8) is 0 Å². The average molecular weight is 697 g/mol. The number of thioether (sulfide) groups is 2. The number of rotatable bonds is 12. The van der Waals surface area contributed by atoms with Crippen molar-refractivity contribution in [2.24, 2.45) is 5.16 Å². The molecule has 5 rings (SSSR count). The van der Waals surface area contributed by atoms with E-state index >= 15 is 0 Å². The number of amides is 2. The highest BCUT2D eigenvalue weighted by atomic mass is 32.2. The lowest BCUT2D eigenvalue weighted by Gasteiger charge is -2.57. The van der Waals surface area contributed by atoms with Crippen molar-refractivity contribution in [2.75, 3.05) is 18.9 Å². The first-order valence-electron chi connectivity index (χ1n) is 15.0. The summed E-state index contributed by atoms with van der Waals surface area (Å²) in [5.74, 6) is -2.54. The fourth-order valence-corrected chi connectivity index (χ4v) is 9.60. The number of oxime groups is 1. The molecule has 0 spiro atoms. The number of β-lactam (4-membered cyclic amide) rings is 1. The molecule has 3 heterocycles. The minimum absolute atomic E-state index is 0.0173. The van der Waals surface area contributed by atoms with Crippen molar-refractivity contribution in [1.29, 1.82) is 0 Å². The van der Waals surface area contributed by atoms with Crippen molar-refractivity contribution in [1.82, 2.24) is 15.2 Å². The van der Waals surface area contributed by atoms with Crippen molar-refractivity contribution in [2.45, 2.75) is 60.6 Å². The number of fused-ring (bicyclic) bond motifs is 1. The van der Waals surface area contributed by atoms with E-state index in [1.165, 1.54) is 45.3 Å². The number of benzene rings is 2. The number of nitrogens with zero attached hydrogens (tertiary/aromatic N) is 3. The van der Waals surface area contributed by atoms with E-state index in [2.05, 4.69) is 15.5 Å². The number of esters is 1. The minimum atomic E-state index is -1.32. The third-order valence-electron chi connectivity index (χ3n) is 7.61. The molecular formula is C33H36N4O7S3. The first-order valence-corrected chi connectivity index (χ1v) is 17.9. The van der Waals surface area contributed by atoms with Gasteiger partial charge in [-0.1, -0.05) is 72.7 Å². The Balaban J connectivity index is 1.43. The number of carboxylic acids is 1. The number of carbonyl (C=O) groups is 4. The van der Waals surface area contributed by atoms with Crippen molar-refractivity contribution >= 4 is 64.3 Å². The highest BCUT2D eigenvalue weighted by molar-refractivity contribution is 8.05. The van der Waals surface area contributed by atoms with Crippen LogP contribution in [-0.2, 0) is 28.8 Å². The van der Waals surface area contributed by atoms with E-state index in [0.717, 1.165) is 11.1 Å². The molecule has 2 amide bonds. The fraction of sp³-hybridized carbons (Fsp3) is 0.394. The summed E-state index contributed by atoms with van der Waals surface area (Å²) >= 11 is 3.95. The highest BCUT2D eigenvalue weighted by Gasteiger charge is 2.63. The molecule has 2 aliphatic rings. The Hall–Kier alpha value is -3.88. The quantitative estimate of drug-likeness (QED) is 0.121. The van der Waals surface area contributed by atoms with Crippen LogP contribution < -0.4 is 5.32 Å². The van der Waals surface area contributed by atoms with Crippen molar-refractivity contribution < 1.29 is 33.9 Å². The van der Waals surface area contributed by atoms with E-state index in [4.69, 9.17) is 9.57 Å². The van der Waals surface area contributed by atoms with Gasteiger partial charge >= 0.3 is 11.9 Å². The summed E-state index contributed by atoms with van der Waals surface area (Å²) in [5.41, 5.74) is 2.72. The second-order valence-corrected chi connectivity index (χ2v) is 15.5. The third-order valence-corrected chi connectivity index (χ3v) is 11.5. The fourth-order valence-electron chi connectivity index (χ4n) is 5.69. The van der Waals surface area contributed by atoms with Gasteiger partial charge in [0.15, 0.2) is 5.71 Å². The maximum absolute atomic E-state index is 13.6. The van der Waals surface area contributed by atoms with Crippen LogP contribution in [0.2, 0.25) is 0 Å². The Bertz CT molecular complexity index is 1580. The molecule has 2 aliphatic heterocycles. The van der Waals surface area contributed by atoms with Gasteiger partial charge in [-0.2, -0.15) is 0 Å². The SMILES string of the molecule is CCSC1(C(=O)O)CN2C(=O)C(NC(=O)C(=NOCC(=O)OC(C)(C)C)c3cscn3)[C@H]2SC1C(c1ccccc1)c1ccccc1. The number of carboxylic acid groups (broad SMARTS) is 1. The summed E-state index contributed by atoms with van der Waals surface area (Å²) in [6, 6.07) is 18.6. The van der Waals surface area contributed by atoms with E-state index in [1.807, 2.05) is 67.6 Å². The summed E-state index contributed by atoms with van der Waals surface area (Å²) in [5, 5.41) is 18.1. The number of hydrogen-bond acceptors (Lipinski definition) is 11. The number of carbonyl (C=O) groups excluding carboxylic acids is 3. The van der Waals surface area contributed by atoms with Gasteiger partial charge in [-0.05, 0) is 37.7 Å². The minimum Gasteiger partial charge on any atom is -0.480 e. The lowest BCUT2D eigenvalue weighted by atomic mass is 9.81. The second-order valence-electron chi connectivity index (χ2n) is 12.0. The third kappa shape index (κ3) is 7.49. The lowest BCUT2D eigenvalue weighted by Crippen LogP contribution is -2.76. The zero-order valence-corrected chi connectivity index (χ0v) is 28.8. The van der Waals surface area contributed by atoms with Gasteiger partial charge in [0, 0.05) is 23.1 Å². The maximum Gasteiger partial charge on any atom is 0.347 e. The normalized spacial score (nSPS) is 22.7. The number of ether oxygens (including phenoxy) is 1. The number of thiazole rings is 1. The molecule has 248 valence electrons. The molecular weight excluding hydrogens is 661 g/mol. The van der Waals surface area contributed by atoms with Crippen LogP contribution in [0.4, 0.5) is 0 Å². The number of nitrogens with one attached hydrogen (secondary N) is 1. The van der Waals surface area contributed by atoms with E-state index in [1.54, 1.807) is 26.2 Å². The van der Waals surface area contributed by atoms with Gasteiger partial charge in [-0.25, -0.2) is 9.78 Å². The molecule has 2 fully saturated rings. The summed E-state index contributed by atoms with van der Waals surface area (Å²) in [6.45, 7) is 6.53. The largest absolute Gasteiger partial charge is 0.480 e. The van der Waals surface area contributed by atoms with Crippen LogP contribution in [0.15, 0.2) is 76.7 Å². The monoisotopic (exact) mass is 696 g/mol.